The van der Waals surface area contributed by atoms with E-state index in [0.717, 1.165) is 18.2 Å². The maximum atomic E-state index is 14.1. The molecular formula is C18H19FN2O5S. The van der Waals surface area contributed by atoms with Gasteiger partial charge in [-0.25, -0.2) is 17.5 Å². The Hall–Kier alpha value is -2.65. The fourth-order valence-electron chi connectivity index (χ4n) is 2.54. The number of carbonyl (C=O) groups excluding carboxylic acids is 1. The molecule has 1 amide bonds. The number of rotatable bonds is 5. The van der Waals surface area contributed by atoms with Gasteiger partial charge in [-0.2, -0.15) is 0 Å². The van der Waals surface area contributed by atoms with Gasteiger partial charge in [0.15, 0.2) is 11.5 Å². The van der Waals surface area contributed by atoms with Crippen LogP contribution in [-0.4, -0.2) is 33.6 Å². The van der Waals surface area contributed by atoms with Gasteiger partial charge in [0.25, 0.3) is 5.91 Å². The van der Waals surface area contributed by atoms with Crippen molar-refractivity contribution in [3.05, 3.63) is 47.8 Å². The molecule has 0 radical (unpaired) electrons. The minimum atomic E-state index is -3.85. The number of nitrogens with one attached hydrogen (secondary N) is 2. The molecule has 27 heavy (non-hydrogen) atoms. The molecule has 9 heteroatoms. The van der Waals surface area contributed by atoms with Gasteiger partial charge >= 0.3 is 0 Å². The zero-order valence-corrected chi connectivity index (χ0v) is 15.6. The highest BCUT2D eigenvalue weighted by atomic mass is 32.2. The summed E-state index contributed by atoms with van der Waals surface area (Å²) in [4.78, 5) is 12.3. The lowest BCUT2D eigenvalue weighted by Gasteiger charge is -2.19. The smallest absolute Gasteiger partial charge is 0.258 e. The second-order valence-electron chi connectivity index (χ2n) is 6.23. The molecule has 144 valence electrons. The van der Waals surface area contributed by atoms with E-state index in [9.17, 15) is 17.6 Å². The summed E-state index contributed by atoms with van der Waals surface area (Å²) in [6.45, 7) is 4.16. The van der Waals surface area contributed by atoms with Crippen LogP contribution in [0, 0.1) is 5.82 Å². The Bertz CT molecular complexity index is 976. The Morgan fingerprint density at radius 2 is 1.78 bits per heavy atom. The van der Waals surface area contributed by atoms with E-state index < -0.39 is 21.7 Å². The van der Waals surface area contributed by atoms with Gasteiger partial charge in [0.2, 0.25) is 10.0 Å². The van der Waals surface area contributed by atoms with E-state index in [1.54, 1.807) is 32.0 Å². The molecule has 1 aliphatic rings. The van der Waals surface area contributed by atoms with Gasteiger partial charge in [-0.15, -0.1) is 0 Å². The summed E-state index contributed by atoms with van der Waals surface area (Å²) in [6.07, 6.45) is 0. The second kappa shape index (κ2) is 7.53. The topological polar surface area (TPSA) is 93.7 Å². The van der Waals surface area contributed by atoms with Crippen molar-refractivity contribution >= 4 is 21.6 Å². The Kier molecular flexibility index (Phi) is 5.33. The predicted octanol–water partition coefficient (Wildman–Crippen LogP) is 2.54. The molecule has 3 rings (SSSR count). The number of hydrogen-bond donors (Lipinski definition) is 2. The lowest BCUT2D eigenvalue weighted by molar-refractivity contribution is 0.102. The molecular weight excluding hydrogens is 375 g/mol. The summed E-state index contributed by atoms with van der Waals surface area (Å²) in [6, 6.07) is 7.51. The van der Waals surface area contributed by atoms with Crippen LogP contribution in [0.25, 0.3) is 0 Å². The zero-order valence-electron chi connectivity index (χ0n) is 14.8. The molecule has 0 fully saturated rings. The number of anilines is 1. The Morgan fingerprint density at radius 1 is 1.07 bits per heavy atom. The molecule has 1 aliphatic heterocycles. The number of carbonyl (C=O) groups is 1. The van der Waals surface area contributed by atoms with E-state index in [4.69, 9.17) is 9.47 Å². The van der Waals surface area contributed by atoms with Crippen molar-refractivity contribution in [1.82, 2.24) is 4.72 Å². The monoisotopic (exact) mass is 394 g/mol. The maximum absolute atomic E-state index is 14.1. The Balaban J connectivity index is 1.85. The van der Waals surface area contributed by atoms with E-state index in [1.165, 1.54) is 0 Å². The Morgan fingerprint density at radius 3 is 2.48 bits per heavy atom. The number of hydrogen-bond acceptors (Lipinski definition) is 5. The Labute approximate surface area is 156 Å². The minimum Gasteiger partial charge on any atom is -0.486 e. The van der Waals surface area contributed by atoms with Crippen molar-refractivity contribution in [1.29, 1.82) is 0 Å². The standard InChI is InChI=1S/C18H19FN2O5S/c1-11(2)21-27(23,24)13-4-5-15(19)14(10-13)18(22)20-12-3-6-16-17(9-12)26-8-7-25-16/h3-6,9-11,21H,7-8H2,1-2H3,(H,20,22). The number of amides is 1. The fraction of sp³-hybridized carbons (Fsp3) is 0.278. The number of sulfonamides is 1. The van der Waals surface area contributed by atoms with Crippen molar-refractivity contribution in [2.24, 2.45) is 0 Å². The third kappa shape index (κ3) is 4.37. The number of ether oxygens (including phenoxy) is 2. The second-order valence-corrected chi connectivity index (χ2v) is 7.94. The molecule has 0 aromatic heterocycles. The van der Waals surface area contributed by atoms with Crippen molar-refractivity contribution in [2.75, 3.05) is 18.5 Å². The lowest BCUT2D eigenvalue weighted by Crippen LogP contribution is -2.30. The third-order valence-corrected chi connectivity index (χ3v) is 5.34. The summed E-state index contributed by atoms with van der Waals surface area (Å²) in [5, 5.41) is 2.54. The maximum Gasteiger partial charge on any atom is 0.258 e. The summed E-state index contributed by atoms with van der Waals surface area (Å²) in [5.74, 6) is -0.574. The van der Waals surface area contributed by atoms with Crippen LogP contribution in [0.5, 0.6) is 11.5 Å². The summed E-state index contributed by atoms with van der Waals surface area (Å²) in [5.41, 5.74) is -0.00580. The van der Waals surface area contributed by atoms with Crippen LogP contribution in [0.15, 0.2) is 41.3 Å². The predicted molar refractivity (Wildman–Crippen MR) is 97.2 cm³/mol. The number of benzene rings is 2. The molecule has 0 atom stereocenters. The quantitative estimate of drug-likeness (QED) is 0.813. The molecule has 1 heterocycles. The van der Waals surface area contributed by atoms with Gasteiger partial charge in [0, 0.05) is 17.8 Å². The zero-order chi connectivity index (χ0) is 19.6. The molecule has 0 saturated carbocycles. The van der Waals surface area contributed by atoms with Gasteiger partial charge in [0.1, 0.15) is 19.0 Å². The largest absolute Gasteiger partial charge is 0.486 e. The first-order valence-corrected chi connectivity index (χ1v) is 9.77. The van der Waals surface area contributed by atoms with Crippen LogP contribution in [0.1, 0.15) is 24.2 Å². The molecule has 0 saturated heterocycles. The van der Waals surface area contributed by atoms with Gasteiger partial charge in [-0.3, -0.25) is 4.79 Å². The van der Waals surface area contributed by atoms with Crippen LogP contribution >= 0.6 is 0 Å². The summed E-state index contributed by atoms with van der Waals surface area (Å²) >= 11 is 0. The average Bonchev–Trinajstić information content (AvgIpc) is 2.60. The van der Waals surface area contributed by atoms with Crippen LogP contribution < -0.4 is 19.5 Å². The highest BCUT2D eigenvalue weighted by Crippen LogP contribution is 2.32. The molecule has 0 unspecified atom stereocenters. The van der Waals surface area contributed by atoms with Gasteiger partial charge in [-0.05, 0) is 44.2 Å². The van der Waals surface area contributed by atoms with Gasteiger partial charge in [0.05, 0.1) is 10.5 Å². The number of fused-ring (bicyclic) bond motifs is 1. The molecule has 2 aromatic rings. The molecule has 0 bridgehead atoms. The highest BCUT2D eigenvalue weighted by Gasteiger charge is 2.21. The summed E-state index contributed by atoms with van der Waals surface area (Å²) in [7, 11) is -3.85. The van der Waals surface area contributed by atoms with Crippen molar-refractivity contribution < 1.29 is 27.1 Å². The normalized spacial score (nSPS) is 13.5. The van der Waals surface area contributed by atoms with Crippen molar-refractivity contribution in [3.63, 3.8) is 0 Å². The van der Waals surface area contributed by atoms with Gasteiger partial charge in [-0.1, -0.05) is 0 Å². The van der Waals surface area contributed by atoms with Crippen LogP contribution in [0.3, 0.4) is 0 Å². The van der Waals surface area contributed by atoms with E-state index in [2.05, 4.69) is 10.0 Å². The fourth-order valence-corrected chi connectivity index (χ4v) is 3.82. The van der Waals surface area contributed by atoms with Crippen LogP contribution in [0.2, 0.25) is 0 Å². The van der Waals surface area contributed by atoms with Crippen molar-refractivity contribution in [2.45, 2.75) is 24.8 Å². The molecule has 0 aliphatic carbocycles. The SMILES string of the molecule is CC(C)NS(=O)(=O)c1ccc(F)c(C(=O)Nc2ccc3c(c2)OCCO3)c1. The van der Waals surface area contributed by atoms with Crippen LogP contribution in [-0.2, 0) is 10.0 Å². The minimum absolute atomic E-state index is 0.190. The first-order valence-electron chi connectivity index (χ1n) is 8.29. The molecule has 2 aromatic carbocycles. The van der Waals surface area contributed by atoms with Gasteiger partial charge < -0.3 is 14.8 Å². The highest BCUT2D eigenvalue weighted by molar-refractivity contribution is 7.89. The number of halogens is 1. The summed E-state index contributed by atoms with van der Waals surface area (Å²) < 4.78 is 51.9. The van der Waals surface area contributed by atoms with E-state index in [1.807, 2.05) is 0 Å². The molecule has 2 N–H and O–H groups in total. The average molecular weight is 394 g/mol. The molecule has 7 nitrogen and oxygen atoms in total. The van der Waals surface area contributed by atoms with E-state index >= 15 is 0 Å². The lowest BCUT2D eigenvalue weighted by atomic mass is 10.2. The van der Waals surface area contributed by atoms with E-state index in [-0.39, 0.29) is 16.5 Å². The third-order valence-electron chi connectivity index (χ3n) is 3.68. The van der Waals surface area contributed by atoms with Crippen molar-refractivity contribution in [3.8, 4) is 11.5 Å². The van der Waals surface area contributed by atoms with E-state index in [0.29, 0.717) is 30.4 Å². The first kappa shape index (κ1) is 19.1. The van der Waals surface area contributed by atoms with Crippen LogP contribution in [0.4, 0.5) is 10.1 Å². The molecule has 0 spiro atoms. The first-order chi connectivity index (χ1) is 12.8.